The Labute approximate surface area is 358 Å². The molecule has 7 atom stereocenters. The summed E-state index contributed by atoms with van der Waals surface area (Å²) in [6.07, 6.45) is 4.13. The fourth-order valence-corrected chi connectivity index (χ4v) is 8.00. The summed E-state index contributed by atoms with van der Waals surface area (Å²) in [6.45, 7) is 10.9. The molecule has 4 rings (SSSR count). The Morgan fingerprint density at radius 2 is 1.49 bits per heavy atom. The van der Waals surface area contributed by atoms with Crippen molar-refractivity contribution >= 4 is 52.3 Å². The molecule has 7 N–H and O–H groups in total. The Bertz CT molecular complexity index is 1980. The van der Waals surface area contributed by atoms with Crippen LogP contribution >= 0.6 is 0 Å². The number of H-pyrrole nitrogens is 1. The molecule has 15 nitrogen and oxygen atoms in total. The number of aromatic nitrogens is 1. The van der Waals surface area contributed by atoms with Crippen LogP contribution in [0.1, 0.15) is 97.6 Å². The highest BCUT2D eigenvalue weighted by molar-refractivity contribution is 5.96. The van der Waals surface area contributed by atoms with Crippen molar-refractivity contribution in [2.24, 2.45) is 29.6 Å². The highest BCUT2D eigenvalue weighted by Crippen LogP contribution is 2.25. The molecule has 0 bridgehead atoms. The molecule has 2 aromatic carbocycles. The lowest BCUT2D eigenvalue weighted by Crippen LogP contribution is -2.57. The summed E-state index contributed by atoms with van der Waals surface area (Å²) in [4.78, 5) is 101. The molecule has 1 aromatic heterocycles. The fraction of sp³-hybridized carbons (Fsp3) is 0.543. The number of para-hydroxylation sites is 1. The lowest BCUT2D eigenvalue weighted by molar-refractivity contribution is -0.145. The van der Waals surface area contributed by atoms with Gasteiger partial charge in [-0.15, -0.1) is 0 Å². The van der Waals surface area contributed by atoms with Crippen molar-refractivity contribution in [3.05, 3.63) is 71.9 Å². The molecule has 0 radical (unpaired) electrons. The average molecular weight is 844 g/mol. The number of amides is 6. The molecular formula is C46H65N7O8. The molecule has 6 amide bonds. The number of fused-ring (bicyclic) bond motifs is 1. The summed E-state index contributed by atoms with van der Waals surface area (Å²) in [7, 11) is 1.53. The smallest absolute Gasteiger partial charge is 0.326 e. The van der Waals surface area contributed by atoms with Gasteiger partial charge in [0, 0.05) is 48.8 Å². The van der Waals surface area contributed by atoms with Gasteiger partial charge in [-0.1, -0.05) is 109 Å². The zero-order chi connectivity index (χ0) is 44.8. The van der Waals surface area contributed by atoms with Gasteiger partial charge in [-0.05, 0) is 60.6 Å². The van der Waals surface area contributed by atoms with E-state index in [1.54, 1.807) is 27.0 Å². The van der Waals surface area contributed by atoms with Crippen molar-refractivity contribution in [3.8, 4) is 0 Å². The minimum Gasteiger partial charge on any atom is -0.480 e. The van der Waals surface area contributed by atoms with Crippen LogP contribution < -0.4 is 26.8 Å². The van der Waals surface area contributed by atoms with Crippen LogP contribution in [0, 0.1) is 29.6 Å². The molecule has 61 heavy (non-hydrogen) atoms. The number of nitrogens with zero attached hydrogens (tertiary/aromatic N) is 1. The van der Waals surface area contributed by atoms with Crippen molar-refractivity contribution in [3.63, 3.8) is 0 Å². The summed E-state index contributed by atoms with van der Waals surface area (Å²) in [5.74, 6) is -5.96. The van der Waals surface area contributed by atoms with Gasteiger partial charge in [0.15, 0.2) is 5.78 Å². The summed E-state index contributed by atoms with van der Waals surface area (Å²) < 4.78 is 0. The SMILES string of the molecule is CC[C@H](C)[C@H](NC(=O)N[C@@H]1CCCC[C@H](Cc2ccccc2)C(=O)NNC(=O)[C@H](Cc2c[nH]c3ccccc23)N(C)C(=O)[C@H](CC(C)C)CC(=O)[C@H](C(C)C)NC1=O)C(=O)O. The van der Waals surface area contributed by atoms with Gasteiger partial charge >= 0.3 is 12.0 Å². The van der Waals surface area contributed by atoms with Crippen LogP contribution in [0.15, 0.2) is 60.8 Å². The second kappa shape index (κ2) is 22.8. The Morgan fingerprint density at radius 1 is 0.836 bits per heavy atom. The standard InChI is InChI=1S/C46H65N7O8/c1-8-29(6)40(45(59)60)50-46(61)48-36-21-14-12-18-31(23-30-16-10-9-11-17-30)41(55)51-52-43(57)37(24-33-26-47-35-20-15-13-19-34(33)35)53(7)44(58)32(22-27(2)3)25-38(54)39(28(4)5)49-42(36)56/h9-11,13,15-17,19-20,26-29,31-32,36-37,39-40,47H,8,12,14,18,21-25H2,1-7H3,(H,49,56)(H,51,55)(H,52,57)(H,59,60)(H2,48,50,61)/t29-,31+,32+,36+,37-,39-,40-/m0/s1. The fourth-order valence-electron chi connectivity index (χ4n) is 8.00. The van der Waals surface area contributed by atoms with Crippen LogP contribution in [0.3, 0.4) is 0 Å². The van der Waals surface area contributed by atoms with Crippen LogP contribution in [0.4, 0.5) is 4.79 Å². The highest BCUT2D eigenvalue weighted by Gasteiger charge is 2.37. The molecule has 1 aliphatic heterocycles. The maximum Gasteiger partial charge on any atom is 0.326 e. The first-order valence-corrected chi connectivity index (χ1v) is 21.6. The third kappa shape index (κ3) is 13.6. The minimum absolute atomic E-state index is 0.0114. The number of aromatic amines is 1. The van der Waals surface area contributed by atoms with Gasteiger partial charge in [0.1, 0.15) is 18.1 Å². The predicted molar refractivity (Wildman–Crippen MR) is 233 cm³/mol. The Balaban J connectivity index is 1.72. The molecule has 2 heterocycles. The number of benzene rings is 2. The van der Waals surface area contributed by atoms with Gasteiger partial charge in [-0.3, -0.25) is 34.8 Å². The molecule has 0 unspecified atom stereocenters. The number of carbonyl (C=O) groups is 7. The number of nitrogens with one attached hydrogen (secondary N) is 6. The van der Waals surface area contributed by atoms with E-state index in [9.17, 15) is 38.7 Å². The van der Waals surface area contributed by atoms with Crippen molar-refractivity contribution in [1.82, 2.24) is 36.7 Å². The molecule has 15 heteroatoms. The first-order valence-electron chi connectivity index (χ1n) is 21.6. The molecule has 0 saturated carbocycles. The van der Waals surface area contributed by atoms with E-state index >= 15 is 0 Å². The Kier molecular flexibility index (Phi) is 17.9. The van der Waals surface area contributed by atoms with E-state index in [1.807, 2.05) is 75.4 Å². The zero-order valence-electron chi connectivity index (χ0n) is 36.6. The molecule has 1 saturated heterocycles. The van der Waals surface area contributed by atoms with Crippen molar-refractivity contribution in [2.45, 2.75) is 123 Å². The monoisotopic (exact) mass is 843 g/mol. The number of carboxylic acids is 1. The van der Waals surface area contributed by atoms with Crippen LogP contribution in [-0.4, -0.2) is 87.6 Å². The van der Waals surface area contributed by atoms with E-state index in [2.05, 4.69) is 31.8 Å². The number of carbonyl (C=O) groups excluding carboxylic acids is 6. The van der Waals surface area contributed by atoms with Gasteiger partial charge in [-0.25, -0.2) is 9.59 Å². The second-order valence-electron chi connectivity index (χ2n) is 17.3. The first-order chi connectivity index (χ1) is 29.0. The number of likely N-dealkylation sites (N-methyl/N-ethyl adjacent to an activating group) is 1. The Morgan fingerprint density at radius 3 is 2.15 bits per heavy atom. The number of Topliss-reactive ketones (excluding diaryl/α,β-unsaturated/α-hetero) is 1. The van der Waals surface area contributed by atoms with Gasteiger partial charge in [-0.2, -0.15) is 0 Å². The normalized spacial score (nSPS) is 22.7. The summed E-state index contributed by atoms with van der Waals surface area (Å²) in [5.41, 5.74) is 7.81. The minimum atomic E-state index is -1.21. The molecular weight excluding hydrogens is 779 g/mol. The average Bonchev–Trinajstić information content (AvgIpc) is 3.64. The van der Waals surface area contributed by atoms with E-state index in [0.29, 0.717) is 38.5 Å². The van der Waals surface area contributed by atoms with Crippen molar-refractivity contribution in [1.29, 1.82) is 0 Å². The highest BCUT2D eigenvalue weighted by atomic mass is 16.4. The number of hydrogen-bond donors (Lipinski definition) is 7. The maximum atomic E-state index is 14.6. The quantitative estimate of drug-likeness (QED) is 0.131. The van der Waals surface area contributed by atoms with Gasteiger partial charge in [0.05, 0.1) is 6.04 Å². The van der Waals surface area contributed by atoms with Crippen molar-refractivity contribution < 1.29 is 38.7 Å². The van der Waals surface area contributed by atoms with E-state index in [1.165, 1.54) is 11.9 Å². The summed E-state index contributed by atoms with van der Waals surface area (Å²) in [5, 5.41) is 18.7. The van der Waals surface area contributed by atoms with Gasteiger partial charge in [0.25, 0.3) is 5.91 Å². The third-order valence-electron chi connectivity index (χ3n) is 11.8. The molecule has 1 aliphatic rings. The maximum absolute atomic E-state index is 14.6. The van der Waals surface area contributed by atoms with Crippen LogP contribution in [0.25, 0.3) is 10.9 Å². The van der Waals surface area contributed by atoms with Crippen LogP contribution in [-0.2, 0) is 41.6 Å². The predicted octanol–water partition coefficient (Wildman–Crippen LogP) is 5.05. The molecule has 0 aliphatic carbocycles. The van der Waals surface area contributed by atoms with E-state index in [0.717, 1.165) is 22.0 Å². The number of hydrogen-bond acceptors (Lipinski definition) is 7. The molecule has 3 aromatic rings. The van der Waals surface area contributed by atoms with Crippen LogP contribution in [0.2, 0.25) is 0 Å². The van der Waals surface area contributed by atoms with E-state index < -0.39 is 83.5 Å². The summed E-state index contributed by atoms with van der Waals surface area (Å²) >= 11 is 0. The number of aliphatic carboxylic acids is 1. The van der Waals surface area contributed by atoms with Gasteiger partial charge in [0.2, 0.25) is 17.7 Å². The molecule has 1 fully saturated rings. The molecule has 0 spiro atoms. The van der Waals surface area contributed by atoms with Crippen LogP contribution in [0.5, 0.6) is 0 Å². The topological polar surface area (TPSA) is 219 Å². The number of rotatable bonds is 12. The van der Waals surface area contributed by atoms with E-state index in [4.69, 9.17) is 0 Å². The number of ketones is 1. The zero-order valence-corrected chi connectivity index (χ0v) is 36.6. The lowest BCUT2D eigenvalue weighted by atomic mass is 9.86. The van der Waals surface area contributed by atoms with Crippen molar-refractivity contribution in [2.75, 3.05) is 7.05 Å². The Hall–Kier alpha value is -5.73. The second-order valence-corrected chi connectivity index (χ2v) is 17.3. The molecule has 332 valence electrons. The number of urea groups is 1. The first kappa shape index (κ1) is 47.9. The largest absolute Gasteiger partial charge is 0.480 e. The third-order valence-corrected chi connectivity index (χ3v) is 11.8. The lowest BCUT2D eigenvalue weighted by Gasteiger charge is -2.32. The number of carboxylic acid groups (broad SMARTS) is 1. The summed E-state index contributed by atoms with van der Waals surface area (Å²) in [6, 6.07) is 11.8. The number of hydrazine groups is 1. The van der Waals surface area contributed by atoms with E-state index in [-0.39, 0.29) is 31.0 Å². The van der Waals surface area contributed by atoms with Gasteiger partial charge < -0.3 is 30.9 Å².